The molecule has 0 atom stereocenters. The van der Waals surface area contributed by atoms with E-state index in [0.29, 0.717) is 6.54 Å². The summed E-state index contributed by atoms with van der Waals surface area (Å²) in [7, 11) is 3.26. The van der Waals surface area contributed by atoms with Gasteiger partial charge in [0.15, 0.2) is 5.16 Å². The van der Waals surface area contributed by atoms with E-state index in [1.807, 2.05) is 59.3 Å². The molecule has 0 radical (unpaired) electrons. The van der Waals surface area contributed by atoms with E-state index in [1.165, 1.54) is 11.8 Å². The number of thioether (sulfide) groups is 1. The van der Waals surface area contributed by atoms with Gasteiger partial charge < -0.3 is 14.8 Å². The molecule has 2 aromatic carbocycles. The highest BCUT2D eigenvalue weighted by molar-refractivity contribution is 7.99. The fourth-order valence-corrected chi connectivity index (χ4v) is 3.28. The molecule has 1 aromatic heterocycles. The zero-order valence-corrected chi connectivity index (χ0v) is 16.0. The van der Waals surface area contributed by atoms with Crippen molar-refractivity contribution in [1.29, 1.82) is 0 Å². The maximum atomic E-state index is 12.2. The van der Waals surface area contributed by atoms with Crippen LogP contribution in [0.5, 0.6) is 11.5 Å². The van der Waals surface area contributed by atoms with Crippen molar-refractivity contribution >= 4 is 17.7 Å². The first-order chi connectivity index (χ1) is 13.2. The van der Waals surface area contributed by atoms with Gasteiger partial charge in [-0.1, -0.05) is 30.0 Å². The van der Waals surface area contributed by atoms with E-state index < -0.39 is 0 Å². The molecule has 0 aliphatic rings. The predicted octanol–water partition coefficient (Wildman–Crippen LogP) is 3.30. The summed E-state index contributed by atoms with van der Waals surface area (Å²) in [6.45, 7) is 0.480. The molecule has 7 heteroatoms. The highest BCUT2D eigenvalue weighted by atomic mass is 32.2. The molecule has 0 bridgehead atoms. The van der Waals surface area contributed by atoms with Gasteiger partial charge in [-0.2, -0.15) is 0 Å². The van der Waals surface area contributed by atoms with Gasteiger partial charge in [-0.05, 0) is 29.8 Å². The number of nitrogens with one attached hydrogen (secondary N) is 1. The molecule has 3 aromatic rings. The van der Waals surface area contributed by atoms with Crippen molar-refractivity contribution in [1.82, 2.24) is 14.9 Å². The monoisotopic (exact) mass is 383 g/mol. The quantitative estimate of drug-likeness (QED) is 0.605. The lowest BCUT2D eigenvalue weighted by molar-refractivity contribution is -0.118. The molecular formula is C20H21N3O3S. The molecule has 0 saturated carbocycles. The second-order valence-electron chi connectivity index (χ2n) is 5.69. The number of nitrogens with zero attached hydrogens (tertiary/aromatic N) is 2. The summed E-state index contributed by atoms with van der Waals surface area (Å²) in [4.78, 5) is 16.5. The Bertz CT molecular complexity index is 893. The van der Waals surface area contributed by atoms with Crippen molar-refractivity contribution in [3.05, 3.63) is 66.5 Å². The van der Waals surface area contributed by atoms with Crippen LogP contribution in [0.15, 0.2) is 66.1 Å². The summed E-state index contributed by atoms with van der Waals surface area (Å²) in [5.74, 6) is 1.81. The molecule has 140 valence electrons. The number of hydrogen-bond donors (Lipinski definition) is 1. The van der Waals surface area contributed by atoms with Crippen molar-refractivity contribution in [3.8, 4) is 17.2 Å². The Morgan fingerprint density at radius 3 is 2.63 bits per heavy atom. The third-order valence-corrected chi connectivity index (χ3v) is 4.89. The standard InChI is InChI=1S/C20H21N3O3S/c1-25-17-8-6-15(7-9-17)13-22-19(24)14-27-20-21-10-11-23(20)16-4-3-5-18(12-16)26-2/h3-12H,13-14H2,1-2H3,(H,22,24). The molecule has 6 nitrogen and oxygen atoms in total. The SMILES string of the molecule is COc1ccc(CNC(=O)CSc2nccn2-c2cccc(OC)c2)cc1. The molecule has 1 N–H and O–H groups in total. The minimum absolute atomic E-state index is 0.0454. The molecular weight excluding hydrogens is 362 g/mol. The number of carbonyl (C=O) groups excluding carboxylic acids is 1. The van der Waals surface area contributed by atoms with Gasteiger partial charge in [0.25, 0.3) is 0 Å². The van der Waals surface area contributed by atoms with E-state index >= 15 is 0 Å². The third-order valence-electron chi connectivity index (χ3n) is 3.92. The van der Waals surface area contributed by atoms with Crippen LogP contribution in [0.4, 0.5) is 0 Å². The first-order valence-corrected chi connectivity index (χ1v) is 9.38. The lowest BCUT2D eigenvalue weighted by Gasteiger charge is -2.09. The summed E-state index contributed by atoms with van der Waals surface area (Å²) in [5, 5.41) is 3.67. The van der Waals surface area contributed by atoms with Crippen LogP contribution < -0.4 is 14.8 Å². The van der Waals surface area contributed by atoms with Gasteiger partial charge in [0, 0.05) is 25.0 Å². The number of ether oxygens (including phenoxy) is 2. The number of methoxy groups -OCH3 is 2. The number of aromatic nitrogens is 2. The predicted molar refractivity (Wildman–Crippen MR) is 106 cm³/mol. The second-order valence-corrected chi connectivity index (χ2v) is 6.64. The van der Waals surface area contributed by atoms with Crippen molar-refractivity contribution in [3.63, 3.8) is 0 Å². The molecule has 0 aliphatic heterocycles. The number of amides is 1. The maximum absolute atomic E-state index is 12.2. The Morgan fingerprint density at radius 1 is 1.11 bits per heavy atom. The van der Waals surface area contributed by atoms with Crippen LogP contribution in [0.25, 0.3) is 5.69 Å². The first kappa shape index (κ1) is 18.8. The highest BCUT2D eigenvalue weighted by Crippen LogP contribution is 2.23. The smallest absolute Gasteiger partial charge is 0.230 e. The molecule has 27 heavy (non-hydrogen) atoms. The molecule has 0 spiro atoms. The van der Waals surface area contributed by atoms with Crippen LogP contribution in [-0.4, -0.2) is 35.4 Å². The number of imidazole rings is 1. The van der Waals surface area contributed by atoms with Gasteiger partial charge in [-0.3, -0.25) is 9.36 Å². The van der Waals surface area contributed by atoms with Crippen LogP contribution >= 0.6 is 11.8 Å². The fraction of sp³-hybridized carbons (Fsp3) is 0.200. The van der Waals surface area contributed by atoms with Crippen molar-refractivity contribution in [2.24, 2.45) is 0 Å². The fourth-order valence-electron chi connectivity index (χ4n) is 2.48. The molecule has 0 aliphatic carbocycles. The zero-order chi connectivity index (χ0) is 19.1. The van der Waals surface area contributed by atoms with E-state index in [0.717, 1.165) is 27.9 Å². The Hall–Kier alpha value is -2.93. The van der Waals surface area contributed by atoms with Gasteiger partial charge in [-0.15, -0.1) is 0 Å². The van der Waals surface area contributed by atoms with Crippen molar-refractivity contribution in [2.75, 3.05) is 20.0 Å². The van der Waals surface area contributed by atoms with Crippen LogP contribution in [0.3, 0.4) is 0 Å². The van der Waals surface area contributed by atoms with Crippen LogP contribution in [0.2, 0.25) is 0 Å². The number of rotatable bonds is 8. The summed E-state index contributed by atoms with van der Waals surface area (Å²) in [6, 6.07) is 15.3. The van der Waals surface area contributed by atoms with Gasteiger partial charge in [-0.25, -0.2) is 4.98 Å². The van der Waals surface area contributed by atoms with E-state index in [2.05, 4.69) is 10.3 Å². The summed E-state index contributed by atoms with van der Waals surface area (Å²) in [5.41, 5.74) is 1.96. The Labute approximate surface area is 162 Å². The Morgan fingerprint density at radius 2 is 1.89 bits per heavy atom. The molecule has 1 heterocycles. The van der Waals surface area contributed by atoms with Gasteiger partial charge in [0.05, 0.1) is 25.7 Å². The molecule has 0 unspecified atom stereocenters. The zero-order valence-electron chi connectivity index (χ0n) is 15.2. The van der Waals surface area contributed by atoms with E-state index in [1.54, 1.807) is 20.4 Å². The van der Waals surface area contributed by atoms with Gasteiger partial charge in [0.1, 0.15) is 11.5 Å². The lowest BCUT2D eigenvalue weighted by atomic mass is 10.2. The molecule has 0 fully saturated rings. The van der Waals surface area contributed by atoms with Crippen LogP contribution in [-0.2, 0) is 11.3 Å². The van der Waals surface area contributed by atoms with Gasteiger partial charge >= 0.3 is 0 Å². The molecule has 0 saturated heterocycles. The number of carbonyl (C=O) groups is 1. The van der Waals surface area contributed by atoms with E-state index in [4.69, 9.17) is 9.47 Å². The lowest BCUT2D eigenvalue weighted by Crippen LogP contribution is -2.24. The minimum Gasteiger partial charge on any atom is -0.497 e. The summed E-state index contributed by atoms with van der Waals surface area (Å²) in [6.07, 6.45) is 3.59. The third kappa shape index (κ3) is 5.04. The minimum atomic E-state index is -0.0454. The van der Waals surface area contributed by atoms with Crippen LogP contribution in [0.1, 0.15) is 5.56 Å². The molecule has 1 amide bonds. The average molecular weight is 383 g/mol. The maximum Gasteiger partial charge on any atom is 0.230 e. The molecule has 3 rings (SSSR count). The Balaban J connectivity index is 1.55. The van der Waals surface area contributed by atoms with Gasteiger partial charge in [0.2, 0.25) is 5.91 Å². The number of hydrogen-bond acceptors (Lipinski definition) is 5. The van der Waals surface area contributed by atoms with Crippen LogP contribution in [0, 0.1) is 0 Å². The number of benzene rings is 2. The highest BCUT2D eigenvalue weighted by Gasteiger charge is 2.10. The average Bonchev–Trinajstić information content (AvgIpc) is 3.20. The Kier molecular flexibility index (Phi) is 6.38. The largest absolute Gasteiger partial charge is 0.497 e. The van der Waals surface area contributed by atoms with E-state index in [9.17, 15) is 4.79 Å². The van der Waals surface area contributed by atoms with Crippen molar-refractivity contribution in [2.45, 2.75) is 11.7 Å². The first-order valence-electron chi connectivity index (χ1n) is 8.40. The van der Waals surface area contributed by atoms with Crippen molar-refractivity contribution < 1.29 is 14.3 Å². The summed E-state index contributed by atoms with van der Waals surface area (Å²) >= 11 is 1.39. The van der Waals surface area contributed by atoms with E-state index in [-0.39, 0.29) is 11.7 Å². The topological polar surface area (TPSA) is 65.4 Å². The second kappa shape index (κ2) is 9.14. The summed E-state index contributed by atoms with van der Waals surface area (Å²) < 4.78 is 12.3. The normalized spacial score (nSPS) is 10.4.